The predicted molar refractivity (Wildman–Crippen MR) is 98.0 cm³/mol. The molecule has 1 saturated heterocycles. The first-order chi connectivity index (χ1) is 12.1. The molecular formula is C19H23ClN4O. The Morgan fingerprint density at radius 2 is 2.00 bits per heavy atom. The average molecular weight is 359 g/mol. The van der Waals surface area contributed by atoms with Crippen LogP contribution in [0.2, 0.25) is 5.02 Å². The van der Waals surface area contributed by atoms with Gasteiger partial charge in [0.1, 0.15) is 11.6 Å². The van der Waals surface area contributed by atoms with E-state index < -0.39 is 0 Å². The number of nitrogens with zero attached hydrogens (tertiary/aromatic N) is 4. The summed E-state index contributed by atoms with van der Waals surface area (Å²) in [5, 5.41) is 5.32. The molecule has 132 valence electrons. The van der Waals surface area contributed by atoms with Gasteiger partial charge in [-0.2, -0.15) is 5.10 Å². The van der Waals surface area contributed by atoms with Crippen molar-refractivity contribution in [2.45, 2.75) is 57.4 Å². The largest absolute Gasteiger partial charge is 0.312 e. The molecule has 1 aliphatic carbocycles. The predicted octanol–water partition coefficient (Wildman–Crippen LogP) is 4.27. The number of carbonyl (C=O) groups is 1. The van der Waals surface area contributed by atoms with Gasteiger partial charge in [0.15, 0.2) is 0 Å². The Balaban J connectivity index is 1.60. The molecule has 1 saturated carbocycles. The molecule has 2 aliphatic rings. The van der Waals surface area contributed by atoms with Crippen LogP contribution in [0, 0.1) is 6.92 Å². The first-order valence-corrected chi connectivity index (χ1v) is 9.48. The summed E-state index contributed by atoms with van der Waals surface area (Å²) in [5.41, 5.74) is 0.862. The van der Waals surface area contributed by atoms with Gasteiger partial charge in [0, 0.05) is 29.6 Å². The molecule has 1 aliphatic heterocycles. The smallest absolute Gasteiger partial charge is 0.227 e. The number of hydrogen-bond acceptors (Lipinski definition) is 3. The topological polar surface area (TPSA) is 51.0 Å². The molecule has 0 N–H and O–H groups in total. The van der Waals surface area contributed by atoms with Crippen LogP contribution in [0.5, 0.6) is 0 Å². The van der Waals surface area contributed by atoms with E-state index in [1.54, 1.807) is 0 Å². The number of rotatable bonds is 3. The second-order valence-corrected chi connectivity index (χ2v) is 7.58. The van der Waals surface area contributed by atoms with Gasteiger partial charge in [0.05, 0.1) is 6.04 Å². The van der Waals surface area contributed by atoms with Crippen LogP contribution >= 0.6 is 11.6 Å². The maximum Gasteiger partial charge on any atom is 0.227 e. The van der Waals surface area contributed by atoms with Crippen molar-refractivity contribution in [3.05, 3.63) is 40.9 Å². The SMILES string of the molecule is Cc1nc([C@@H]2CC(=O)N(c3cccc(Cl)c3)C2)n(C2CCCCC2)n1. The summed E-state index contributed by atoms with van der Waals surface area (Å²) in [6, 6.07) is 7.92. The molecule has 4 rings (SSSR count). The maximum atomic E-state index is 12.6. The molecule has 2 heterocycles. The summed E-state index contributed by atoms with van der Waals surface area (Å²) in [7, 11) is 0. The lowest BCUT2D eigenvalue weighted by Gasteiger charge is -2.24. The zero-order valence-electron chi connectivity index (χ0n) is 14.5. The molecule has 1 atom stereocenters. The number of carbonyl (C=O) groups excluding carboxylic acids is 1. The molecule has 1 aromatic carbocycles. The highest BCUT2D eigenvalue weighted by atomic mass is 35.5. The van der Waals surface area contributed by atoms with Crippen molar-refractivity contribution in [2.75, 3.05) is 11.4 Å². The summed E-state index contributed by atoms with van der Waals surface area (Å²) in [6.07, 6.45) is 6.62. The monoisotopic (exact) mass is 358 g/mol. The van der Waals surface area contributed by atoms with Gasteiger partial charge >= 0.3 is 0 Å². The van der Waals surface area contributed by atoms with E-state index in [1.807, 2.05) is 36.1 Å². The van der Waals surface area contributed by atoms with Gasteiger partial charge < -0.3 is 4.90 Å². The number of halogens is 1. The fourth-order valence-electron chi connectivity index (χ4n) is 4.09. The molecule has 5 nitrogen and oxygen atoms in total. The third-order valence-electron chi connectivity index (χ3n) is 5.29. The van der Waals surface area contributed by atoms with E-state index in [4.69, 9.17) is 16.6 Å². The van der Waals surface area contributed by atoms with Crippen molar-refractivity contribution in [1.29, 1.82) is 0 Å². The van der Waals surface area contributed by atoms with Crippen molar-refractivity contribution >= 4 is 23.2 Å². The van der Waals surface area contributed by atoms with Crippen LogP contribution in [-0.4, -0.2) is 27.2 Å². The van der Waals surface area contributed by atoms with Gasteiger partial charge in [-0.25, -0.2) is 9.67 Å². The molecule has 0 radical (unpaired) electrons. The number of aromatic nitrogens is 3. The maximum absolute atomic E-state index is 12.6. The fourth-order valence-corrected chi connectivity index (χ4v) is 4.28. The van der Waals surface area contributed by atoms with E-state index in [9.17, 15) is 4.79 Å². The van der Waals surface area contributed by atoms with Crippen LogP contribution in [0.25, 0.3) is 0 Å². The first-order valence-electron chi connectivity index (χ1n) is 9.11. The third kappa shape index (κ3) is 3.30. The molecule has 6 heteroatoms. The lowest BCUT2D eigenvalue weighted by atomic mass is 9.95. The van der Waals surface area contributed by atoms with Crippen molar-refractivity contribution in [2.24, 2.45) is 0 Å². The van der Waals surface area contributed by atoms with Crippen LogP contribution in [-0.2, 0) is 4.79 Å². The zero-order valence-corrected chi connectivity index (χ0v) is 15.2. The van der Waals surface area contributed by atoms with Crippen molar-refractivity contribution < 1.29 is 4.79 Å². The highest BCUT2D eigenvalue weighted by Gasteiger charge is 2.36. The van der Waals surface area contributed by atoms with Gasteiger partial charge in [0.2, 0.25) is 5.91 Å². The fraction of sp³-hybridized carbons (Fsp3) is 0.526. The van der Waals surface area contributed by atoms with E-state index in [0.29, 0.717) is 24.0 Å². The summed E-state index contributed by atoms with van der Waals surface area (Å²) in [5.74, 6) is 1.99. The van der Waals surface area contributed by atoms with Crippen molar-refractivity contribution in [3.63, 3.8) is 0 Å². The Hall–Kier alpha value is -1.88. The molecule has 1 amide bonds. The van der Waals surface area contributed by atoms with Crippen LogP contribution in [0.1, 0.15) is 62.1 Å². The Kier molecular flexibility index (Phi) is 4.50. The van der Waals surface area contributed by atoms with Crippen molar-refractivity contribution in [1.82, 2.24) is 14.8 Å². The number of benzene rings is 1. The van der Waals surface area contributed by atoms with Gasteiger partial charge in [-0.05, 0) is 38.0 Å². The Morgan fingerprint density at radius 1 is 1.20 bits per heavy atom. The van der Waals surface area contributed by atoms with E-state index in [2.05, 4.69) is 9.78 Å². The molecule has 0 spiro atoms. The molecule has 1 aromatic heterocycles. The number of aryl methyl sites for hydroxylation is 1. The number of amides is 1. The van der Waals surface area contributed by atoms with E-state index in [-0.39, 0.29) is 11.8 Å². The van der Waals surface area contributed by atoms with Crippen LogP contribution in [0.4, 0.5) is 5.69 Å². The minimum Gasteiger partial charge on any atom is -0.312 e. The third-order valence-corrected chi connectivity index (χ3v) is 5.53. The van der Waals surface area contributed by atoms with Gasteiger partial charge in [-0.3, -0.25) is 4.79 Å². The van der Waals surface area contributed by atoms with Crippen LogP contribution in [0.15, 0.2) is 24.3 Å². The lowest BCUT2D eigenvalue weighted by Crippen LogP contribution is -2.25. The standard InChI is InChI=1S/C19H23ClN4O/c1-13-21-19(24(22-13)16-7-3-2-4-8-16)14-10-18(25)23(12-14)17-9-5-6-15(20)11-17/h5-6,9,11,14,16H,2-4,7-8,10,12H2,1H3/t14-/m1/s1. The second kappa shape index (κ2) is 6.79. The first kappa shape index (κ1) is 16.6. The molecule has 25 heavy (non-hydrogen) atoms. The van der Waals surface area contributed by atoms with E-state index in [1.165, 1.54) is 19.3 Å². The summed E-state index contributed by atoms with van der Waals surface area (Å²) in [4.78, 5) is 19.1. The zero-order chi connectivity index (χ0) is 17.4. The van der Waals surface area contributed by atoms with Gasteiger partial charge in [0.25, 0.3) is 0 Å². The quantitative estimate of drug-likeness (QED) is 0.823. The van der Waals surface area contributed by atoms with Crippen molar-refractivity contribution in [3.8, 4) is 0 Å². The average Bonchev–Trinajstić information content (AvgIpc) is 3.18. The minimum absolute atomic E-state index is 0.0922. The number of anilines is 1. The Bertz CT molecular complexity index is 781. The van der Waals surface area contributed by atoms with Gasteiger partial charge in [-0.1, -0.05) is 36.9 Å². The molecule has 2 fully saturated rings. The highest BCUT2D eigenvalue weighted by molar-refractivity contribution is 6.30. The Morgan fingerprint density at radius 3 is 2.76 bits per heavy atom. The number of hydrogen-bond donors (Lipinski definition) is 0. The molecule has 0 bridgehead atoms. The lowest BCUT2D eigenvalue weighted by molar-refractivity contribution is -0.117. The second-order valence-electron chi connectivity index (χ2n) is 7.14. The molecule has 2 aromatic rings. The minimum atomic E-state index is 0.0922. The Labute approximate surface area is 153 Å². The molecular weight excluding hydrogens is 336 g/mol. The van der Waals surface area contributed by atoms with Crippen LogP contribution < -0.4 is 4.90 Å². The van der Waals surface area contributed by atoms with E-state index >= 15 is 0 Å². The summed E-state index contributed by atoms with van der Waals surface area (Å²) >= 11 is 6.09. The highest BCUT2D eigenvalue weighted by Crippen LogP contribution is 2.35. The van der Waals surface area contributed by atoms with E-state index in [0.717, 1.165) is 30.2 Å². The summed E-state index contributed by atoms with van der Waals surface area (Å²) in [6.45, 7) is 2.58. The van der Waals surface area contributed by atoms with Crippen LogP contribution in [0.3, 0.4) is 0 Å². The normalized spacial score (nSPS) is 21.9. The molecule has 0 unspecified atom stereocenters. The van der Waals surface area contributed by atoms with Gasteiger partial charge in [-0.15, -0.1) is 0 Å². The summed E-state index contributed by atoms with van der Waals surface area (Å²) < 4.78 is 2.12.